The molecule has 1 heterocycles. The number of imide groups is 1. The Labute approximate surface area is 320 Å². The summed E-state index contributed by atoms with van der Waals surface area (Å²) in [5, 5.41) is 35.4. The molecule has 0 spiro atoms. The van der Waals surface area contributed by atoms with Gasteiger partial charge in [0, 0.05) is 12.0 Å². The standard InChI is InChI=1S/C44H54ClNO6Si/c1-29(24-30-21-22-33(48)26-38(30)45)20-23-39(49)40-31(25-36-41(37(40)27-47)43(51)46(42(36)50)32-14-8-5-9-15-32)28-52-53(44(2,3)4,34-16-10-6-11-17-34)35-18-12-7-13-19-35/h6-7,10-13,16-19,21-22,24,26,32,36-37,39,41,47-49H,5,8-9,14-15,20,23,25,27-28H2,1-4H3/b29-24+/t36-,37+,39-,41-/m1/s1. The first kappa shape index (κ1) is 39.2. The number of carbonyl (C=O) groups excluding carboxylic acids is 2. The monoisotopic (exact) mass is 755 g/mol. The molecule has 2 fully saturated rings. The number of hydrogen-bond acceptors (Lipinski definition) is 6. The molecule has 53 heavy (non-hydrogen) atoms. The molecule has 7 nitrogen and oxygen atoms in total. The molecule has 3 aromatic rings. The fraction of sp³-hybridized carbons (Fsp3) is 0.455. The van der Waals surface area contributed by atoms with Gasteiger partial charge in [-0.2, -0.15) is 0 Å². The van der Waals surface area contributed by atoms with Crippen LogP contribution in [0.25, 0.3) is 6.08 Å². The number of likely N-dealkylation sites (tertiary alicyclic amines) is 1. The van der Waals surface area contributed by atoms with E-state index in [1.54, 1.807) is 12.1 Å². The van der Waals surface area contributed by atoms with Crippen LogP contribution in [-0.2, 0) is 14.0 Å². The van der Waals surface area contributed by atoms with Crippen molar-refractivity contribution in [2.75, 3.05) is 13.2 Å². The topological polar surface area (TPSA) is 107 Å². The molecule has 1 saturated carbocycles. The number of benzene rings is 3. The van der Waals surface area contributed by atoms with Crippen molar-refractivity contribution >= 4 is 48.2 Å². The van der Waals surface area contributed by atoms with Gasteiger partial charge in [0.2, 0.25) is 11.8 Å². The summed E-state index contributed by atoms with van der Waals surface area (Å²) < 4.78 is 7.39. The quantitative estimate of drug-likeness (QED) is 0.101. The number of halogens is 1. The number of nitrogens with zero attached hydrogens (tertiary/aromatic N) is 1. The van der Waals surface area contributed by atoms with Crippen molar-refractivity contribution in [2.24, 2.45) is 17.8 Å². The van der Waals surface area contributed by atoms with E-state index in [0.717, 1.165) is 59.2 Å². The molecule has 282 valence electrons. The zero-order chi connectivity index (χ0) is 37.9. The molecule has 1 aliphatic heterocycles. The summed E-state index contributed by atoms with van der Waals surface area (Å²) in [6.07, 6.45) is 6.84. The second-order valence-electron chi connectivity index (χ2n) is 16.2. The summed E-state index contributed by atoms with van der Waals surface area (Å²) in [6.45, 7) is 8.43. The van der Waals surface area contributed by atoms with E-state index in [1.807, 2.05) is 49.4 Å². The molecule has 2 aliphatic carbocycles. The van der Waals surface area contributed by atoms with Crippen LogP contribution in [0, 0.1) is 17.8 Å². The van der Waals surface area contributed by atoms with Crippen LogP contribution in [0.2, 0.25) is 10.1 Å². The van der Waals surface area contributed by atoms with Crippen LogP contribution >= 0.6 is 11.6 Å². The average molecular weight is 756 g/mol. The average Bonchev–Trinajstić information content (AvgIpc) is 3.40. The molecule has 3 N–H and O–H groups in total. The Kier molecular flexibility index (Phi) is 12.2. The molecule has 0 radical (unpaired) electrons. The summed E-state index contributed by atoms with van der Waals surface area (Å²) in [5.74, 6) is -2.29. The second kappa shape index (κ2) is 16.5. The highest BCUT2D eigenvalue weighted by Crippen LogP contribution is 2.48. The van der Waals surface area contributed by atoms with Crippen LogP contribution in [0.1, 0.15) is 84.6 Å². The van der Waals surface area contributed by atoms with E-state index in [4.69, 9.17) is 16.0 Å². The maximum absolute atomic E-state index is 14.3. The Morgan fingerprint density at radius 1 is 0.962 bits per heavy atom. The van der Waals surface area contributed by atoms with E-state index in [9.17, 15) is 24.9 Å². The largest absolute Gasteiger partial charge is 0.508 e. The van der Waals surface area contributed by atoms with Crippen LogP contribution in [0.3, 0.4) is 0 Å². The lowest BCUT2D eigenvalue weighted by atomic mass is 9.68. The molecule has 6 rings (SSSR count). The first-order valence-corrected chi connectivity index (χ1v) is 21.4. The van der Waals surface area contributed by atoms with Crippen LogP contribution in [0.4, 0.5) is 0 Å². The Bertz CT molecular complexity index is 1790. The van der Waals surface area contributed by atoms with Crippen molar-refractivity contribution in [3.05, 3.63) is 106 Å². The highest BCUT2D eigenvalue weighted by molar-refractivity contribution is 6.99. The summed E-state index contributed by atoms with van der Waals surface area (Å²) in [5.41, 5.74) is 3.18. The molecule has 0 bridgehead atoms. The van der Waals surface area contributed by atoms with Crippen molar-refractivity contribution in [1.82, 2.24) is 4.90 Å². The third kappa shape index (κ3) is 7.85. The van der Waals surface area contributed by atoms with Crippen molar-refractivity contribution in [1.29, 1.82) is 0 Å². The van der Waals surface area contributed by atoms with Gasteiger partial charge in [-0.15, -0.1) is 0 Å². The van der Waals surface area contributed by atoms with Gasteiger partial charge in [-0.05, 0) is 89.3 Å². The van der Waals surface area contributed by atoms with Crippen molar-refractivity contribution in [2.45, 2.75) is 96.2 Å². The predicted molar refractivity (Wildman–Crippen MR) is 214 cm³/mol. The van der Waals surface area contributed by atoms with Gasteiger partial charge in [0.05, 0.1) is 36.2 Å². The van der Waals surface area contributed by atoms with Crippen LogP contribution in [-0.4, -0.2) is 65.7 Å². The van der Waals surface area contributed by atoms with Gasteiger partial charge in [-0.3, -0.25) is 14.5 Å². The van der Waals surface area contributed by atoms with Gasteiger partial charge in [0.1, 0.15) is 5.75 Å². The highest BCUT2D eigenvalue weighted by Gasteiger charge is 2.57. The molecular formula is C44H54ClNO6Si. The molecule has 0 aromatic heterocycles. The van der Waals surface area contributed by atoms with E-state index in [-0.39, 0.29) is 41.9 Å². The van der Waals surface area contributed by atoms with Crippen LogP contribution in [0.5, 0.6) is 5.75 Å². The number of aromatic hydroxyl groups is 1. The van der Waals surface area contributed by atoms with E-state index in [2.05, 4.69) is 45.0 Å². The Hall–Kier alpha value is -3.53. The molecule has 0 unspecified atom stereocenters. The van der Waals surface area contributed by atoms with Crippen molar-refractivity contribution < 1.29 is 29.3 Å². The van der Waals surface area contributed by atoms with Gasteiger partial charge in [0.15, 0.2) is 0 Å². The number of aliphatic hydroxyl groups excluding tert-OH is 2. The smallest absolute Gasteiger partial charge is 0.261 e. The predicted octanol–water partition coefficient (Wildman–Crippen LogP) is 7.41. The minimum Gasteiger partial charge on any atom is -0.508 e. The fourth-order valence-electron chi connectivity index (χ4n) is 9.26. The number of fused-ring (bicyclic) bond motifs is 1. The van der Waals surface area contributed by atoms with Gasteiger partial charge < -0.3 is 19.7 Å². The van der Waals surface area contributed by atoms with Crippen LogP contribution < -0.4 is 10.4 Å². The summed E-state index contributed by atoms with van der Waals surface area (Å²) in [7, 11) is -3.00. The minimum absolute atomic E-state index is 0.0904. The van der Waals surface area contributed by atoms with E-state index < -0.39 is 32.2 Å². The highest BCUT2D eigenvalue weighted by atomic mass is 35.5. The zero-order valence-electron chi connectivity index (χ0n) is 31.4. The lowest BCUT2D eigenvalue weighted by Crippen LogP contribution is -2.66. The SMILES string of the molecule is C/C(=C\c1ccc(O)cc1Cl)CC[C@@H](O)C1=C(CO[Si](c2ccccc2)(c2ccccc2)C(C)(C)C)C[C@H]2C(=O)N(C3CCCCC3)C(=O)[C@H]2[C@H]1CO. The minimum atomic E-state index is -3.00. The summed E-state index contributed by atoms with van der Waals surface area (Å²) in [6, 6.07) is 25.5. The number of allylic oxidation sites excluding steroid dienone is 1. The Morgan fingerprint density at radius 2 is 1.58 bits per heavy atom. The molecular weight excluding hydrogens is 702 g/mol. The molecule has 1 saturated heterocycles. The van der Waals surface area contributed by atoms with E-state index in [1.165, 1.54) is 11.0 Å². The maximum atomic E-state index is 14.3. The van der Waals surface area contributed by atoms with E-state index in [0.29, 0.717) is 29.9 Å². The summed E-state index contributed by atoms with van der Waals surface area (Å²) >= 11 is 6.39. The normalized spacial score (nSPS) is 22.4. The van der Waals surface area contributed by atoms with Gasteiger partial charge in [0.25, 0.3) is 8.32 Å². The number of phenols is 1. The molecule has 3 aliphatic rings. The number of amides is 2. The number of hydrogen-bond donors (Lipinski definition) is 3. The number of aliphatic hydroxyl groups is 2. The van der Waals surface area contributed by atoms with Gasteiger partial charge in [-0.1, -0.05) is 124 Å². The fourth-order valence-corrected chi connectivity index (χ4v) is 14.0. The first-order valence-electron chi connectivity index (χ1n) is 19.2. The van der Waals surface area contributed by atoms with Crippen molar-refractivity contribution in [3.63, 3.8) is 0 Å². The van der Waals surface area contributed by atoms with Gasteiger partial charge in [-0.25, -0.2) is 0 Å². The van der Waals surface area contributed by atoms with Crippen molar-refractivity contribution in [3.8, 4) is 5.75 Å². The summed E-state index contributed by atoms with van der Waals surface area (Å²) in [4.78, 5) is 30.0. The molecule has 4 atom stereocenters. The molecule has 3 aromatic carbocycles. The number of phenolic OH excluding ortho intramolecular Hbond substituents is 1. The third-order valence-corrected chi connectivity index (χ3v) is 17.1. The number of rotatable bonds is 12. The first-order chi connectivity index (χ1) is 25.4. The van der Waals surface area contributed by atoms with E-state index >= 15 is 0 Å². The molecule has 2 amide bonds. The van der Waals surface area contributed by atoms with Gasteiger partial charge >= 0.3 is 0 Å². The lowest BCUT2D eigenvalue weighted by molar-refractivity contribution is -0.143. The zero-order valence-corrected chi connectivity index (χ0v) is 33.2. The maximum Gasteiger partial charge on any atom is 0.261 e. The Balaban J connectivity index is 1.39. The Morgan fingerprint density at radius 3 is 2.15 bits per heavy atom. The lowest BCUT2D eigenvalue weighted by Gasteiger charge is -2.44. The van der Waals surface area contributed by atoms with Crippen LogP contribution in [0.15, 0.2) is 95.6 Å². The second-order valence-corrected chi connectivity index (χ2v) is 20.9. The molecule has 9 heteroatoms. The number of carbonyl (C=O) groups is 2. The third-order valence-electron chi connectivity index (χ3n) is 11.8.